The van der Waals surface area contributed by atoms with Gasteiger partial charge in [-0.3, -0.25) is 4.79 Å². The van der Waals surface area contributed by atoms with Gasteiger partial charge in [-0.1, -0.05) is 6.42 Å². The van der Waals surface area contributed by atoms with E-state index in [1.54, 1.807) is 0 Å². The van der Waals surface area contributed by atoms with Crippen molar-refractivity contribution in [1.82, 2.24) is 10.2 Å². The number of alkyl halides is 5. The van der Waals surface area contributed by atoms with E-state index in [-0.39, 0.29) is 12.6 Å². The molecule has 1 aliphatic rings. The molecule has 3 nitrogen and oxygen atoms in total. The Morgan fingerprint density at radius 3 is 2.33 bits per heavy atom. The minimum absolute atomic E-state index is 0.148. The van der Waals surface area contributed by atoms with Crippen LogP contribution in [0.2, 0.25) is 0 Å². The van der Waals surface area contributed by atoms with E-state index in [0.717, 1.165) is 19.9 Å². The van der Waals surface area contributed by atoms with Gasteiger partial charge in [-0.25, -0.2) is 0 Å². The minimum atomic E-state index is -5.85. The first-order chi connectivity index (χ1) is 8.16. The van der Waals surface area contributed by atoms with Gasteiger partial charge in [-0.15, -0.1) is 0 Å². The average molecular weight is 274 g/mol. The number of halogens is 5. The lowest BCUT2D eigenvalue weighted by Crippen LogP contribution is -2.54. The quantitative estimate of drug-likeness (QED) is 0.796. The molecule has 1 saturated heterocycles. The Kier molecular flexibility index (Phi) is 4.52. The van der Waals surface area contributed by atoms with Crippen LogP contribution in [0, 0.1) is 0 Å². The fourth-order valence-electron chi connectivity index (χ4n) is 1.85. The van der Waals surface area contributed by atoms with Crippen molar-refractivity contribution in [1.29, 1.82) is 0 Å². The molecule has 1 atom stereocenters. The van der Waals surface area contributed by atoms with Crippen LogP contribution in [-0.4, -0.2) is 49.1 Å². The van der Waals surface area contributed by atoms with Gasteiger partial charge in [0.25, 0.3) is 0 Å². The molecule has 0 saturated carbocycles. The van der Waals surface area contributed by atoms with E-state index < -0.39 is 18.0 Å². The number of rotatable bonds is 3. The first kappa shape index (κ1) is 15.1. The Morgan fingerprint density at radius 2 is 1.89 bits per heavy atom. The van der Waals surface area contributed by atoms with Gasteiger partial charge >= 0.3 is 18.0 Å². The van der Waals surface area contributed by atoms with Gasteiger partial charge < -0.3 is 10.2 Å². The van der Waals surface area contributed by atoms with Crippen molar-refractivity contribution >= 4 is 5.91 Å². The zero-order chi connectivity index (χ0) is 14.0. The number of piperidine rings is 1. The van der Waals surface area contributed by atoms with E-state index >= 15 is 0 Å². The average Bonchev–Trinajstić information content (AvgIpc) is 2.27. The summed E-state index contributed by atoms with van der Waals surface area (Å²) in [6.45, 7) is 0.535. The third kappa shape index (κ3) is 3.30. The molecule has 1 amide bonds. The number of nitrogens with one attached hydrogen (secondary N) is 1. The predicted octanol–water partition coefficient (Wildman–Crippen LogP) is 1.78. The highest BCUT2D eigenvalue weighted by molar-refractivity contribution is 5.84. The molecule has 1 rings (SSSR count). The smallest absolute Gasteiger partial charge is 0.339 e. The topological polar surface area (TPSA) is 32.3 Å². The molecule has 1 fully saturated rings. The second-order valence-electron chi connectivity index (χ2n) is 4.40. The molecule has 0 bridgehead atoms. The van der Waals surface area contributed by atoms with Crippen LogP contribution >= 0.6 is 0 Å². The van der Waals surface area contributed by atoms with Crippen molar-refractivity contribution in [3.63, 3.8) is 0 Å². The lowest BCUT2D eigenvalue weighted by atomic mass is 10.0. The molecular weight excluding hydrogens is 259 g/mol. The Labute approximate surface area is 101 Å². The van der Waals surface area contributed by atoms with Gasteiger partial charge in [-0.2, -0.15) is 22.0 Å². The molecule has 18 heavy (non-hydrogen) atoms. The van der Waals surface area contributed by atoms with Crippen LogP contribution in [-0.2, 0) is 4.79 Å². The summed E-state index contributed by atoms with van der Waals surface area (Å²) in [4.78, 5) is 11.6. The maximum Gasteiger partial charge on any atom is 0.463 e. The summed E-state index contributed by atoms with van der Waals surface area (Å²) < 4.78 is 61.6. The van der Waals surface area contributed by atoms with Crippen LogP contribution in [0.3, 0.4) is 0 Å². The largest absolute Gasteiger partial charge is 0.463 e. The molecule has 1 unspecified atom stereocenters. The molecule has 1 aliphatic heterocycles. The molecular formula is C10H15F5N2O. The summed E-state index contributed by atoms with van der Waals surface area (Å²) in [7, 11) is 0.957. The Hall–Kier alpha value is -0.920. The van der Waals surface area contributed by atoms with E-state index in [0.29, 0.717) is 17.9 Å². The lowest BCUT2D eigenvalue weighted by Gasteiger charge is -2.30. The first-order valence-electron chi connectivity index (χ1n) is 5.59. The van der Waals surface area contributed by atoms with E-state index in [2.05, 4.69) is 5.32 Å². The monoisotopic (exact) mass is 274 g/mol. The minimum Gasteiger partial charge on any atom is -0.339 e. The number of hydrogen-bond acceptors (Lipinski definition) is 2. The molecule has 0 aromatic carbocycles. The fraction of sp³-hybridized carbons (Fsp3) is 0.900. The van der Waals surface area contributed by atoms with Crippen molar-refractivity contribution in [2.24, 2.45) is 0 Å². The van der Waals surface area contributed by atoms with E-state index in [4.69, 9.17) is 0 Å². The number of likely N-dealkylation sites (N-methyl/N-ethyl adjacent to an activating group) is 1. The SMILES string of the molecule is CN(CC1CCCCN1)C(=O)C(F)(F)C(F)(F)F. The summed E-state index contributed by atoms with van der Waals surface area (Å²) in [6, 6.07) is -0.225. The highest BCUT2D eigenvalue weighted by Gasteiger charge is 2.64. The summed E-state index contributed by atoms with van der Waals surface area (Å²) in [6.07, 6.45) is -3.38. The molecule has 0 aliphatic carbocycles. The van der Waals surface area contributed by atoms with E-state index in [1.807, 2.05) is 0 Å². The van der Waals surface area contributed by atoms with Crippen LogP contribution in [0.25, 0.3) is 0 Å². The third-order valence-corrected chi connectivity index (χ3v) is 2.88. The van der Waals surface area contributed by atoms with Crippen LogP contribution < -0.4 is 5.32 Å². The van der Waals surface area contributed by atoms with Crippen LogP contribution in [0.15, 0.2) is 0 Å². The standard InChI is InChI=1S/C10H15F5N2O/c1-17(6-7-4-2-3-5-16-7)8(18)9(11,12)10(13,14)15/h7,16H,2-6H2,1H3. The fourth-order valence-corrected chi connectivity index (χ4v) is 1.85. The second-order valence-corrected chi connectivity index (χ2v) is 4.40. The number of carbonyl (C=O) groups excluding carboxylic acids is 1. The van der Waals surface area contributed by atoms with Gasteiger partial charge in [-0.05, 0) is 19.4 Å². The van der Waals surface area contributed by atoms with Crippen molar-refractivity contribution in [2.45, 2.75) is 37.4 Å². The summed E-state index contributed by atoms with van der Waals surface area (Å²) in [5, 5.41) is 2.98. The number of carbonyl (C=O) groups is 1. The molecule has 0 radical (unpaired) electrons. The summed E-state index contributed by atoms with van der Waals surface area (Å²) in [5.41, 5.74) is 0. The molecule has 1 heterocycles. The maximum atomic E-state index is 12.8. The first-order valence-corrected chi connectivity index (χ1v) is 5.59. The highest BCUT2D eigenvalue weighted by atomic mass is 19.4. The summed E-state index contributed by atoms with van der Waals surface area (Å²) in [5.74, 6) is -7.53. The molecule has 0 aromatic rings. The van der Waals surface area contributed by atoms with E-state index in [9.17, 15) is 26.7 Å². The third-order valence-electron chi connectivity index (χ3n) is 2.88. The molecule has 8 heteroatoms. The van der Waals surface area contributed by atoms with Crippen molar-refractivity contribution in [2.75, 3.05) is 20.1 Å². The highest BCUT2D eigenvalue weighted by Crippen LogP contribution is 2.36. The molecule has 0 spiro atoms. The van der Waals surface area contributed by atoms with Gasteiger partial charge in [0.05, 0.1) is 0 Å². The van der Waals surface area contributed by atoms with Crippen LogP contribution in [0.4, 0.5) is 22.0 Å². The molecule has 1 N–H and O–H groups in total. The normalized spacial score (nSPS) is 21.8. The van der Waals surface area contributed by atoms with Crippen molar-refractivity contribution in [3.05, 3.63) is 0 Å². The Morgan fingerprint density at radius 1 is 1.28 bits per heavy atom. The van der Waals surface area contributed by atoms with Crippen LogP contribution in [0.5, 0.6) is 0 Å². The van der Waals surface area contributed by atoms with Gasteiger partial charge in [0.1, 0.15) is 0 Å². The van der Waals surface area contributed by atoms with Gasteiger partial charge in [0, 0.05) is 19.6 Å². The Balaban J connectivity index is 2.60. The van der Waals surface area contributed by atoms with E-state index in [1.165, 1.54) is 0 Å². The van der Waals surface area contributed by atoms with Crippen molar-refractivity contribution < 1.29 is 26.7 Å². The lowest BCUT2D eigenvalue weighted by molar-refractivity contribution is -0.274. The van der Waals surface area contributed by atoms with Crippen LogP contribution in [0.1, 0.15) is 19.3 Å². The number of hydrogen-bond donors (Lipinski definition) is 1. The van der Waals surface area contributed by atoms with Gasteiger partial charge in [0.2, 0.25) is 0 Å². The molecule has 106 valence electrons. The zero-order valence-corrected chi connectivity index (χ0v) is 9.86. The number of amides is 1. The maximum absolute atomic E-state index is 12.8. The van der Waals surface area contributed by atoms with Gasteiger partial charge in [0.15, 0.2) is 0 Å². The number of nitrogens with zero attached hydrogens (tertiary/aromatic N) is 1. The predicted molar refractivity (Wildman–Crippen MR) is 54.3 cm³/mol. The second kappa shape index (κ2) is 5.38. The zero-order valence-electron chi connectivity index (χ0n) is 9.86. The van der Waals surface area contributed by atoms with Crippen molar-refractivity contribution in [3.8, 4) is 0 Å². The molecule has 0 aromatic heterocycles. The Bertz CT molecular complexity index is 299. The summed E-state index contributed by atoms with van der Waals surface area (Å²) >= 11 is 0.